The van der Waals surface area contributed by atoms with Crippen LogP contribution in [0.4, 0.5) is 13.2 Å². The van der Waals surface area contributed by atoms with E-state index in [2.05, 4.69) is 31.1 Å². The summed E-state index contributed by atoms with van der Waals surface area (Å²) in [5.74, 6) is -3.14. The lowest BCUT2D eigenvalue weighted by Crippen LogP contribution is -2.51. The van der Waals surface area contributed by atoms with Crippen LogP contribution in [0.1, 0.15) is 40.0 Å². The molecule has 0 aromatic carbocycles. The van der Waals surface area contributed by atoms with Crippen molar-refractivity contribution >= 4 is 17.8 Å². The Hall–Kier alpha value is -2.10. The van der Waals surface area contributed by atoms with Gasteiger partial charge in [0.2, 0.25) is 5.91 Å². The van der Waals surface area contributed by atoms with Crippen molar-refractivity contribution in [2.24, 2.45) is 11.8 Å². The maximum atomic E-state index is 11.4. The topological polar surface area (TPSA) is 116 Å². The molecule has 0 aromatic rings. The normalized spacial score (nSPS) is 24.1. The quantitative estimate of drug-likeness (QED) is 0.490. The number of carbonyl (C=O) groups excluding carboxylic acids is 1. The van der Waals surface area contributed by atoms with Crippen molar-refractivity contribution in [3.8, 4) is 0 Å². The molecule has 0 aliphatic carbocycles. The minimum atomic E-state index is -5.08. The summed E-state index contributed by atoms with van der Waals surface area (Å²) in [6, 6.07) is -0.683. The summed E-state index contributed by atoms with van der Waals surface area (Å²) in [6.07, 6.45) is -0.888. The van der Waals surface area contributed by atoms with Crippen LogP contribution >= 0.6 is 0 Å². The van der Waals surface area contributed by atoms with E-state index < -0.39 is 24.2 Å². The molecule has 7 nitrogen and oxygen atoms in total. The number of nitrogens with one attached hydrogen (secondary N) is 2. The predicted octanol–water partition coefficient (Wildman–Crippen LogP) is 2.18. The largest absolute Gasteiger partial charge is 0.490 e. The van der Waals surface area contributed by atoms with Crippen LogP contribution in [0.2, 0.25) is 0 Å². The second-order valence-corrected chi connectivity index (χ2v) is 6.58. The van der Waals surface area contributed by atoms with Gasteiger partial charge in [0.15, 0.2) is 0 Å². The molecule has 27 heavy (non-hydrogen) atoms. The highest BCUT2D eigenvalue weighted by molar-refractivity contribution is 5.75. The van der Waals surface area contributed by atoms with E-state index in [-0.39, 0.29) is 23.9 Å². The van der Waals surface area contributed by atoms with E-state index in [1.165, 1.54) is 6.92 Å². The minimum absolute atomic E-state index is 0.0604. The van der Waals surface area contributed by atoms with Gasteiger partial charge in [0, 0.05) is 19.0 Å². The third-order valence-electron chi connectivity index (χ3n) is 4.38. The van der Waals surface area contributed by atoms with Crippen molar-refractivity contribution in [1.82, 2.24) is 10.6 Å². The van der Waals surface area contributed by atoms with Crippen molar-refractivity contribution in [2.45, 2.75) is 64.3 Å². The van der Waals surface area contributed by atoms with Crippen LogP contribution in [0, 0.1) is 11.8 Å². The Balaban J connectivity index is 0.000000821. The molecule has 1 saturated heterocycles. The second kappa shape index (κ2) is 10.9. The lowest BCUT2D eigenvalue weighted by Gasteiger charge is -2.30. The average molecular weight is 396 g/mol. The van der Waals surface area contributed by atoms with Crippen molar-refractivity contribution in [3.05, 3.63) is 12.7 Å². The predicted molar refractivity (Wildman–Crippen MR) is 92.0 cm³/mol. The highest BCUT2D eigenvalue weighted by Crippen LogP contribution is 2.27. The van der Waals surface area contributed by atoms with Crippen LogP contribution in [-0.2, 0) is 14.4 Å². The lowest BCUT2D eigenvalue weighted by atomic mass is 9.88. The fraction of sp³-hybridized carbons (Fsp3) is 0.706. The Morgan fingerprint density at radius 3 is 2.19 bits per heavy atom. The van der Waals surface area contributed by atoms with Crippen LogP contribution < -0.4 is 10.6 Å². The van der Waals surface area contributed by atoms with Crippen molar-refractivity contribution < 1.29 is 37.8 Å². The van der Waals surface area contributed by atoms with E-state index in [1.54, 1.807) is 6.08 Å². The molecular formula is C17H27F3N2O5. The zero-order valence-corrected chi connectivity index (χ0v) is 15.5. The van der Waals surface area contributed by atoms with Gasteiger partial charge in [0.1, 0.15) is 6.04 Å². The van der Waals surface area contributed by atoms with Crippen LogP contribution in [0.15, 0.2) is 12.7 Å². The van der Waals surface area contributed by atoms with Crippen LogP contribution in [-0.4, -0.2) is 52.4 Å². The zero-order chi connectivity index (χ0) is 21.4. The fourth-order valence-electron chi connectivity index (χ4n) is 2.83. The molecule has 1 aliphatic heterocycles. The molecule has 1 aliphatic rings. The second-order valence-electron chi connectivity index (χ2n) is 6.58. The van der Waals surface area contributed by atoms with E-state index in [9.17, 15) is 22.8 Å². The molecule has 1 heterocycles. The number of rotatable bonds is 7. The Labute approximate surface area is 156 Å². The number of aliphatic carboxylic acids is 2. The van der Waals surface area contributed by atoms with Gasteiger partial charge in [-0.05, 0) is 24.7 Å². The minimum Gasteiger partial charge on any atom is -0.480 e. The van der Waals surface area contributed by atoms with Gasteiger partial charge in [-0.15, -0.1) is 6.58 Å². The van der Waals surface area contributed by atoms with Gasteiger partial charge in [-0.3, -0.25) is 14.9 Å². The van der Waals surface area contributed by atoms with E-state index in [0.29, 0.717) is 12.3 Å². The van der Waals surface area contributed by atoms with Gasteiger partial charge in [0.05, 0.1) is 0 Å². The van der Waals surface area contributed by atoms with Gasteiger partial charge in [0.25, 0.3) is 0 Å². The molecule has 0 spiro atoms. The number of carboxylic acid groups (broad SMARTS) is 2. The first-order chi connectivity index (χ1) is 12.3. The summed E-state index contributed by atoms with van der Waals surface area (Å²) in [5, 5.41) is 22.4. The number of carboxylic acids is 2. The third kappa shape index (κ3) is 8.89. The SMILES string of the molecule is C=C[C@@H]1C[C@H](C(=O)O)N[C@H]1[C@H](CC(C)CC)NC(C)=O.O=C(O)C(F)(F)F. The van der Waals surface area contributed by atoms with Gasteiger partial charge >= 0.3 is 18.1 Å². The molecule has 156 valence electrons. The number of amides is 1. The maximum Gasteiger partial charge on any atom is 0.490 e. The highest BCUT2D eigenvalue weighted by Gasteiger charge is 2.40. The van der Waals surface area contributed by atoms with Crippen molar-refractivity contribution in [3.63, 3.8) is 0 Å². The molecule has 1 fully saturated rings. The molecule has 1 unspecified atom stereocenters. The summed E-state index contributed by atoms with van der Waals surface area (Å²) in [6.45, 7) is 9.55. The Morgan fingerprint density at radius 1 is 1.33 bits per heavy atom. The molecule has 0 bridgehead atoms. The Morgan fingerprint density at radius 2 is 1.85 bits per heavy atom. The maximum absolute atomic E-state index is 11.4. The molecule has 10 heteroatoms. The lowest BCUT2D eigenvalue weighted by molar-refractivity contribution is -0.192. The number of hydrogen-bond donors (Lipinski definition) is 4. The van der Waals surface area contributed by atoms with Crippen LogP contribution in [0.25, 0.3) is 0 Å². The van der Waals surface area contributed by atoms with Crippen molar-refractivity contribution in [2.75, 3.05) is 0 Å². The van der Waals surface area contributed by atoms with E-state index in [0.717, 1.165) is 12.8 Å². The summed E-state index contributed by atoms with van der Waals surface area (Å²) >= 11 is 0. The number of hydrogen-bond acceptors (Lipinski definition) is 4. The molecule has 0 aromatic heterocycles. The van der Waals surface area contributed by atoms with Gasteiger partial charge in [-0.1, -0.05) is 26.3 Å². The van der Waals surface area contributed by atoms with E-state index >= 15 is 0 Å². The molecule has 0 saturated carbocycles. The summed E-state index contributed by atoms with van der Waals surface area (Å²) in [7, 11) is 0. The summed E-state index contributed by atoms with van der Waals surface area (Å²) < 4.78 is 31.7. The highest BCUT2D eigenvalue weighted by atomic mass is 19.4. The summed E-state index contributed by atoms with van der Waals surface area (Å²) in [4.78, 5) is 31.5. The first-order valence-electron chi connectivity index (χ1n) is 8.52. The van der Waals surface area contributed by atoms with E-state index in [1.807, 2.05) is 0 Å². The van der Waals surface area contributed by atoms with Crippen LogP contribution in [0.3, 0.4) is 0 Å². The fourth-order valence-corrected chi connectivity index (χ4v) is 2.83. The van der Waals surface area contributed by atoms with Gasteiger partial charge in [-0.25, -0.2) is 4.79 Å². The number of carbonyl (C=O) groups is 3. The monoisotopic (exact) mass is 396 g/mol. The Kier molecular flexibility index (Phi) is 10.1. The zero-order valence-electron chi connectivity index (χ0n) is 15.5. The van der Waals surface area contributed by atoms with Crippen LogP contribution in [0.5, 0.6) is 0 Å². The van der Waals surface area contributed by atoms with Gasteiger partial charge < -0.3 is 15.5 Å². The molecule has 0 radical (unpaired) electrons. The summed E-state index contributed by atoms with van der Waals surface area (Å²) in [5.41, 5.74) is 0. The Bertz CT molecular complexity index is 539. The molecule has 1 rings (SSSR count). The average Bonchev–Trinajstić information content (AvgIpc) is 2.97. The van der Waals surface area contributed by atoms with Crippen molar-refractivity contribution in [1.29, 1.82) is 0 Å². The molecular weight excluding hydrogens is 369 g/mol. The standard InChI is InChI=1S/C15H26N2O3.C2HF3O2/c1-5-9(3)7-12(16-10(4)18)14-11(6-2)8-13(17-14)15(19)20;3-2(4,5)1(6)7/h6,9,11-14,17H,2,5,7-8H2,1,3-4H3,(H,16,18)(H,19,20);(H,6,7)/t9?,11-,12+,13-,14-;/m1./s1. The number of halogens is 3. The first kappa shape index (κ1) is 24.9. The molecule has 4 N–H and O–H groups in total. The smallest absolute Gasteiger partial charge is 0.480 e. The third-order valence-corrected chi connectivity index (χ3v) is 4.38. The van der Waals surface area contributed by atoms with Gasteiger partial charge in [-0.2, -0.15) is 13.2 Å². The molecule has 5 atom stereocenters. The molecule has 1 amide bonds. The van der Waals surface area contributed by atoms with E-state index in [4.69, 9.17) is 15.0 Å². The number of alkyl halides is 3. The first-order valence-corrected chi connectivity index (χ1v) is 8.52.